The molecule has 4 rings (SSSR count). The first-order valence-corrected chi connectivity index (χ1v) is 11.9. The lowest BCUT2D eigenvalue weighted by Gasteiger charge is -2.30. The van der Waals surface area contributed by atoms with E-state index in [-0.39, 0.29) is 29.8 Å². The average Bonchev–Trinajstić information content (AvgIpc) is 3.24. The molecule has 1 aliphatic heterocycles. The number of hydrogen-bond acceptors (Lipinski definition) is 7. The third-order valence-corrected chi connectivity index (χ3v) is 7.01. The number of carbonyl (C=O) groups is 2. The molecule has 2 N–H and O–H groups in total. The summed E-state index contributed by atoms with van der Waals surface area (Å²) in [5.41, 5.74) is 2.80. The van der Waals surface area contributed by atoms with Crippen molar-refractivity contribution in [3.63, 3.8) is 0 Å². The van der Waals surface area contributed by atoms with Crippen LogP contribution in [0.3, 0.4) is 0 Å². The number of piperidine rings is 1. The van der Waals surface area contributed by atoms with Gasteiger partial charge in [0.15, 0.2) is 10.8 Å². The maximum absolute atomic E-state index is 13.0. The largest absolute Gasteiger partial charge is 0.356 e. The molecule has 174 valence electrons. The molecule has 0 radical (unpaired) electrons. The number of thiazole rings is 1. The quantitative estimate of drug-likeness (QED) is 0.575. The van der Waals surface area contributed by atoms with Crippen LogP contribution < -0.4 is 21.1 Å². The summed E-state index contributed by atoms with van der Waals surface area (Å²) in [6.07, 6.45) is 2.87. The lowest BCUT2D eigenvalue weighted by Crippen LogP contribution is -2.40. The molecule has 1 saturated heterocycles. The summed E-state index contributed by atoms with van der Waals surface area (Å²) in [6, 6.07) is 5.80. The van der Waals surface area contributed by atoms with Crippen LogP contribution in [0.5, 0.6) is 0 Å². The summed E-state index contributed by atoms with van der Waals surface area (Å²) in [7, 11) is 0. The number of aryl methyl sites for hydroxylation is 2. The summed E-state index contributed by atoms with van der Waals surface area (Å²) < 4.78 is 1.74. The van der Waals surface area contributed by atoms with Crippen molar-refractivity contribution in [1.82, 2.24) is 19.9 Å². The summed E-state index contributed by atoms with van der Waals surface area (Å²) >= 11 is 1.29. The van der Waals surface area contributed by atoms with E-state index in [0.717, 1.165) is 34.8 Å². The van der Waals surface area contributed by atoms with E-state index in [0.29, 0.717) is 30.0 Å². The Balaban J connectivity index is 1.47. The summed E-state index contributed by atoms with van der Waals surface area (Å²) in [5, 5.41) is 6.51. The molecule has 1 aliphatic rings. The molecule has 10 heteroatoms. The first-order valence-electron chi connectivity index (χ1n) is 11.1. The third kappa shape index (κ3) is 4.90. The predicted molar refractivity (Wildman–Crippen MR) is 130 cm³/mol. The number of hydrogen-bond donors (Lipinski definition) is 2. The predicted octanol–water partition coefficient (Wildman–Crippen LogP) is 2.46. The Labute approximate surface area is 195 Å². The van der Waals surface area contributed by atoms with Crippen molar-refractivity contribution in [2.45, 2.75) is 40.2 Å². The molecule has 2 amide bonds. The van der Waals surface area contributed by atoms with Crippen molar-refractivity contribution >= 4 is 44.3 Å². The highest BCUT2D eigenvalue weighted by atomic mass is 32.1. The first-order chi connectivity index (χ1) is 15.9. The van der Waals surface area contributed by atoms with Crippen molar-refractivity contribution in [2.24, 2.45) is 5.92 Å². The van der Waals surface area contributed by atoms with Gasteiger partial charge in [-0.2, -0.15) is 4.98 Å². The van der Waals surface area contributed by atoms with Crippen molar-refractivity contribution < 1.29 is 9.59 Å². The van der Waals surface area contributed by atoms with Gasteiger partial charge >= 0.3 is 0 Å². The number of nitrogens with one attached hydrogen (secondary N) is 2. The van der Waals surface area contributed by atoms with Gasteiger partial charge in [-0.15, -0.1) is 0 Å². The van der Waals surface area contributed by atoms with E-state index < -0.39 is 0 Å². The van der Waals surface area contributed by atoms with Crippen molar-refractivity contribution in [3.8, 4) is 0 Å². The number of aromatic nitrogens is 3. The minimum Gasteiger partial charge on any atom is -0.356 e. The zero-order chi connectivity index (χ0) is 23.5. The number of amides is 2. The molecule has 9 nitrogen and oxygen atoms in total. The molecule has 2 aromatic heterocycles. The van der Waals surface area contributed by atoms with Gasteiger partial charge in [-0.3, -0.25) is 19.0 Å². The van der Waals surface area contributed by atoms with Gasteiger partial charge in [0.1, 0.15) is 17.6 Å². The van der Waals surface area contributed by atoms with Gasteiger partial charge in [-0.1, -0.05) is 29.5 Å². The summed E-state index contributed by atoms with van der Waals surface area (Å²) in [4.78, 5) is 48.6. The minimum atomic E-state index is -0.284. The van der Waals surface area contributed by atoms with Crippen LogP contribution in [0.1, 0.15) is 30.9 Å². The maximum Gasteiger partial charge on any atom is 0.273 e. The highest BCUT2D eigenvalue weighted by Crippen LogP contribution is 2.29. The van der Waals surface area contributed by atoms with Gasteiger partial charge in [0.2, 0.25) is 11.8 Å². The van der Waals surface area contributed by atoms with Gasteiger partial charge in [0.05, 0.1) is 0 Å². The highest BCUT2D eigenvalue weighted by Gasteiger charge is 2.26. The van der Waals surface area contributed by atoms with Crippen LogP contribution in [0.4, 0.5) is 10.8 Å². The van der Waals surface area contributed by atoms with Gasteiger partial charge in [0, 0.05) is 31.2 Å². The standard InChI is InChI=1S/C23H28N6O3S/c1-4-24-21(31)16-8-10-28(11-9-16)23-27-20-19(33-23)22(32)29(13-25-20)12-17(30)26-18-14(2)6-5-7-15(18)3/h5-7,13,16H,4,8-12H2,1-3H3,(H,24,31)(H,26,30). The SMILES string of the molecule is CCNC(=O)C1CCN(c2nc3ncn(CC(=O)Nc4c(C)cccc4C)c(=O)c3s2)CC1. The number of rotatable bonds is 6. The first kappa shape index (κ1) is 22.9. The molecule has 0 bridgehead atoms. The Morgan fingerprint density at radius 3 is 2.55 bits per heavy atom. The number of nitrogens with zero attached hydrogens (tertiary/aromatic N) is 4. The fourth-order valence-corrected chi connectivity index (χ4v) is 5.10. The molecule has 0 aliphatic carbocycles. The Bertz CT molecular complexity index is 1220. The van der Waals surface area contributed by atoms with Crippen molar-refractivity contribution in [2.75, 3.05) is 29.9 Å². The fourth-order valence-electron chi connectivity index (χ4n) is 4.08. The third-order valence-electron chi connectivity index (χ3n) is 5.92. The maximum atomic E-state index is 13.0. The van der Waals surface area contributed by atoms with Crippen LogP contribution in [0.25, 0.3) is 10.3 Å². The van der Waals surface area contributed by atoms with Crippen LogP contribution in [0.2, 0.25) is 0 Å². The molecule has 0 atom stereocenters. The monoisotopic (exact) mass is 468 g/mol. The second-order valence-electron chi connectivity index (χ2n) is 8.30. The van der Waals surface area contributed by atoms with Crippen molar-refractivity contribution in [3.05, 3.63) is 46.0 Å². The van der Waals surface area contributed by atoms with Crippen LogP contribution in [-0.4, -0.2) is 46.0 Å². The number of para-hydroxylation sites is 1. The van der Waals surface area contributed by atoms with Gasteiger partial charge in [-0.25, -0.2) is 4.98 Å². The molecule has 0 unspecified atom stereocenters. The number of anilines is 2. The Hall–Kier alpha value is -3.27. The number of benzene rings is 1. The highest BCUT2D eigenvalue weighted by molar-refractivity contribution is 7.22. The van der Waals surface area contributed by atoms with Gasteiger partial charge in [0.25, 0.3) is 5.56 Å². The molecule has 3 heterocycles. The van der Waals surface area contributed by atoms with E-state index in [9.17, 15) is 14.4 Å². The van der Waals surface area contributed by atoms with E-state index >= 15 is 0 Å². The van der Waals surface area contributed by atoms with E-state index in [2.05, 4.69) is 25.5 Å². The Morgan fingerprint density at radius 2 is 1.88 bits per heavy atom. The van der Waals surface area contributed by atoms with E-state index in [1.807, 2.05) is 39.0 Å². The molecule has 1 aromatic carbocycles. The average molecular weight is 469 g/mol. The lowest BCUT2D eigenvalue weighted by atomic mass is 9.96. The molecule has 1 fully saturated rings. The topological polar surface area (TPSA) is 109 Å². The van der Waals surface area contributed by atoms with E-state index in [1.165, 1.54) is 22.2 Å². The minimum absolute atomic E-state index is 0.0151. The summed E-state index contributed by atoms with van der Waals surface area (Å²) in [6.45, 7) is 7.70. The number of fused-ring (bicyclic) bond motifs is 1. The molecule has 0 saturated carbocycles. The van der Waals surface area contributed by atoms with E-state index in [4.69, 9.17) is 0 Å². The second-order valence-corrected chi connectivity index (χ2v) is 9.28. The van der Waals surface area contributed by atoms with Crippen LogP contribution in [-0.2, 0) is 16.1 Å². The molecule has 3 aromatic rings. The van der Waals surface area contributed by atoms with Crippen molar-refractivity contribution in [1.29, 1.82) is 0 Å². The molecule has 0 spiro atoms. The smallest absolute Gasteiger partial charge is 0.273 e. The molecular formula is C23H28N6O3S. The fraction of sp³-hybridized carbons (Fsp3) is 0.435. The second kappa shape index (κ2) is 9.70. The van der Waals surface area contributed by atoms with E-state index in [1.54, 1.807) is 0 Å². The van der Waals surface area contributed by atoms with Gasteiger partial charge in [-0.05, 0) is 44.7 Å². The summed E-state index contributed by atoms with van der Waals surface area (Å²) in [5.74, 6) is -0.167. The Kier molecular flexibility index (Phi) is 6.73. The molecular weight excluding hydrogens is 440 g/mol. The van der Waals surface area contributed by atoms with Gasteiger partial charge < -0.3 is 15.5 Å². The zero-order valence-corrected chi connectivity index (χ0v) is 19.9. The van der Waals surface area contributed by atoms with Crippen LogP contribution in [0.15, 0.2) is 29.3 Å². The number of carbonyl (C=O) groups excluding carboxylic acids is 2. The Morgan fingerprint density at radius 1 is 1.18 bits per heavy atom. The van der Waals surface area contributed by atoms with Crippen LogP contribution >= 0.6 is 11.3 Å². The zero-order valence-electron chi connectivity index (χ0n) is 19.1. The lowest BCUT2D eigenvalue weighted by molar-refractivity contribution is -0.125. The van der Waals surface area contributed by atoms with Crippen LogP contribution in [0, 0.1) is 19.8 Å². The molecule has 33 heavy (non-hydrogen) atoms. The normalized spacial score (nSPS) is 14.5.